The third-order valence-electron chi connectivity index (χ3n) is 5.81. The molecule has 1 saturated heterocycles. The molecule has 2 aromatic carbocycles. The van der Waals surface area contributed by atoms with Crippen molar-refractivity contribution < 1.29 is 19.5 Å². The predicted octanol–water partition coefficient (Wildman–Crippen LogP) is 3.71. The molecule has 4 N–H and O–H groups in total. The summed E-state index contributed by atoms with van der Waals surface area (Å²) in [5, 5.41) is 19.8. The minimum absolute atomic E-state index is 0.0108. The van der Waals surface area contributed by atoms with Gasteiger partial charge in [-0.3, -0.25) is 5.41 Å². The Labute approximate surface area is 188 Å². The third kappa shape index (κ3) is 5.78. The van der Waals surface area contributed by atoms with Crippen LogP contribution in [0.1, 0.15) is 42.1 Å². The van der Waals surface area contributed by atoms with E-state index in [0.29, 0.717) is 35.2 Å². The van der Waals surface area contributed by atoms with E-state index in [1.165, 1.54) is 7.11 Å². The molecule has 0 saturated carbocycles. The molecule has 1 aliphatic heterocycles. The molecule has 0 radical (unpaired) electrons. The topological polar surface area (TPSA) is 121 Å². The Kier molecular flexibility index (Phi) is 7.70. The molecule has 1 aliphatic rings. The van der Waals surface area contributed by atoms with Gasteiger partial charge in [0, 0.05) is 18.7 Å². The minimum atomic E-state index is -0.446. The first-order valence-corrected chi connectivity index (χ1v) is 10.7. The molecular weight excluding hydrogens is 408 g/mol. The molecule has 0 aromatic heterocycles. The number of amidine groups is 2. The molecule has 32 heavy (non-hydrogen) atoms. The van der Waals surface area contributed by atoms with Crippen LogP contribution in [0.5, 0.6) is 5.75 Å². The Bertz CT molecular complexity index is 997. The summed E-state index contributed by atoms with van der Waals surface area (Å²) in [4.78, 5) is 14.3. The van der Waals surface area contributed by atoms with Crippen LogP contribution < -0.4 is 10.5 Å². The first-order chi connectivity index (χ1) is 15.4. The first-order valence-electron chi connectivity index (χ1n) is 10.7. The average molecular weight is 439 g/mol. The number of esters is 1. The van der Waals surface area contributed by atoms with E-state index in [4.69, 9.17) is 25.8 Å². The fourth-order valence-electron chi connectivity index (χ4n) is 3.90. The summed E-state index contributed by atoms with van der Waals surface area (Å²) in [6.45, 7) is 4.20. The van der Waals surface area contributed by atoms with Crippen LogP contribution in [0.3, 0.4) is 0 Å². The zero-order chi connectivity index (χ0) is 23.1. The van der Waals surface area contributed by atoms with Gasteiger partial charge in [0.1, 0.15) is 5.75 Å². The quantitative estimate of drug-likeness (QED) is 0.199. The van der Waals surface area contributed by atoms with Gasteiger partial charge in [0.05, 0.1) is 25.1 Å². The second-order valence-corrected chi connectivity index (χ2v) is 7.96. The van der Waals surface area contributed by atoms with Crippen molar-refractivity contribution >= 4 is 17.6 Å². The van der Waals surface area contributed by atoms with Gasteiger partial charge in [0.25, 0.3) is 0 Å². The van der Waals surface area contributed by atoms with E-state index in [-0.39, 0.29) is 5.84 Å². The van der Waals surface area contributed by atoms with E-state index < -0.39 is 5.97 Å². The summed E-state index contributed by atoms with van der Waals surface area (Å²) in [6, 6.07) is 12.5. The van der Waals surface area contributed by atoms with Gasteiger partial charge in [-0.1, -0.05) is 23.4 Å². The van der Waals surface area contributed by atoms with E-state index in [9.17, 15) is 4.79 Å². The van der Waals surface area contributed by atoms with Gasteiger partial charge in [-0.2, -0.15) is 0 Å². The van der Waals surface area contributed by atoms with Crippen molar-refractivity contribution in [2.45, 2.75) is 26.2 Å². The highest BCUT2D eigenvalue weighted by atomic mass is 16.5. The van der Waals surface area contributed by atoms with Gasteiger partial charge in [-0.15, -0.1) is 0 Å². The summed E-state index contributed by atoms with van der Waals surface area (Å²) < 4.78 is 10.9. The lowest BCUT2D eigenvalue weighted by molar-refractivity contribution is 0.0600. The van der Waals surface area contributed by atoms with E-state index in [0.717, 1.165) is 43.5 Å². The second kappa shape index (κ2) is 10.7. The molecule has 8 heteroatoms. The van der Waals surface area contributed by atoms with Crippen molar-refractivity contribution in [3.05, 3.63) is 53.6 Å². The Morgan fingerprint density at radius 2 is 1.91 bits per heavy atom. The average Bonchev–Trinajstić information content (AvgIpc) is 2.83. The first kappa shape index (κ1) is 23.1. The fraction of sp³-hybridized carbons (Fsp3) is 0.375. The molecule has 0 bridgehead atoms. The molecular formula is C24H30N4O4. The predicted molar refractivity (Wildman–Crippen MR) is 124 cm³/mol. The number of hydrogen-bond donors (Lipinski definition) is 3. The number of hydrogen-bond acceptors (Lipinski definition) is 6. The van der Waals surface area contributed by atoms with Crippen molar-refractivity contribution in [2.24, 2.45) is 16.8 Å². The fourth-order valence-corrected chi connectivity index (χ4v) is 3.90. The summed E-state index contributed by atoms with van der Waals surface area (Å²) in [5.74, 6) is 1.34. The number of oxime groups is 1. The zero-order valence-electron chi connectivity index (χ0n) is 18.5. The highest BCUT2D eigenvalue weighted by Gasteiger charge is 2.19. The van der Waals surface area contributed by atoms with Crippen LogP contribution >= 0.6 is 0 Å². The smallest absolute Gasteiger partial charge is 0.338 e. The largest absolute Gasteiger partial charge is 0.494 e. The van der Waals surface area contributed by atoms with Gasteiger partial charge in [-0.05, 0) is 67.5 Å². The number of piperidine rings is 1. The number of nitrogens with two attached hydrogens (primary N) is 1. The van der Waals surface area contributed by atoms with Gasteiger partial charge >= 0.3 is 5.97 Å². The normalized spacial score (nSPS) is 14.8. The van der Waals surface area contributed by atoms with Crippen molar-refractivity contribution in [1.82, 2.24) is 4.90 Å². The molecule has 0 atom stereocenters. The number of ether oxygens (including phenoxy) is 2. The van der Waals surface area contributed by atoms with Crippen LogP contribution in [-0.2, 0) is 4.74 Å². The van der Waals surface area contributed by atoms with Gasteiger partial charge in [0.15, 0.2) is 5.84 Å². The molecule has 0 spiro atoms. The maximum absolute atomic E-state index is 12.2. The van der Waals surface area contributed by atoms with Crippen LogP contribution in [0.15, 0.2) is 47.6 Å². The minimum Gasteiger partial charge on any atom is -0.494 e. The van der Waals surface area contributed by atoms with Gasteiger partial charge in [0.2, 0.25) is 0 Å². The number of likely N-dealkylation sites (tertiary alicyclic amines) is 1. The molecule has 0 amide bonds. The number of carbonyl (C=O) groups excluding carboxylic acids is 1. The van der Waals surface area contributed by atoms with Gasteiger partial charge in [-0.25, -0.2) is 4.79 Å². The molecule has 3 rings (SSSR count). The number of nitrogens with zero attached hydrogens (tertiary/aromatic N) is 2. The van der Waals surface area contributed by atoms with E-state index in [1.807, 2.05) is 19.1 Å². The highest BCUT2D eigenvalue weighted by molar-refractivity contribution is 5.98. The lowest BCUT2D eigenvalue weighted by atomic mass is 9.94. The molecule has 0 unspecified atom stereocenters. The highest BCUT2D eigenvalue weighted by Crippen LogP contribution is 2.28. The summed E-state index contributed by atoms with van der Waals surface area (Å²) >= 11 is 0. The summed E-state index contributed by atoms with van der Waals surface area (Å²) in [6.07, 6.45) is 3.02. The Hall–Kier alpha value is -3.55. The number of benzene rings is 2. The van der Waals surface area contributed by atoms with E-state index in [1.54, 1.807) is 30.3 Å². The Morgan fingerprint density at radius 3 is 2.56 bits per heavy atom. The van der Waals surface area contributed by atoms with Crippen LogP contribution in [0, 0.1) is 11.3 Å². The second-order valence-electron chi connectivity index (χ2n) is 7.96. The van der Waals surface area contributed by atoms with Crippen LogP contribution in [0.4, 0.5) is 0 Å². The SMILES string of the molecule is COC(=O)c1cc(OCCC2CCN(C(C)=N)CC2)cc(-c2cccc(/C(N)=N/O)c2)c1. The maximum atomic E-state index is 12.2. The lowest BCUT2D eigenvalue weighted by Crippen LogP contribution is -2.36. The van der Waals surface area contributed by atoms with E-state index in [2.05, 4.69) is 10.1 Å². The van der Waals surface area contributed by atoms with Crippen LogP contribution in [0.2, 0.25) is 0 Å². The molecule has 2 aromatic rings. The van der Waals surface area contributed by atoms with Crippen molar-refractivity contribution in [2.75, 3.05) is 26.8 Å². The molecule has 8 nitrogen and oxygen atoms in total. The summed E-state index contributed by atoms with van der Waals surface area (Å²) in [5.41, 5.74) is 8.26. The molecule has 170 valence electrons. The Morgan fingerprint density at radius 1 is 1.19 bits per heavy atom. The lowest BCUT2D eigenvalue weighted by Gasteiger charge is -2.32. The van der Waals surface area contributed by atoms with Crippen LogP contribution in [0.25, 0.3) is 11.1 Å². The molecule has 0 aliphatic carbocycles. The monoisotopic (exact) mass is 438 g/mol. The number of carbonyl (C=O) groups is 1. The van der Waals surface area contributed by atoms with Crippen LogP contribution in [-0.4, -0.2) is 54.6 Å². The number of nitrogens with one attached hydrogen (secondary N) is 1. The molecule has 1 heterocycles. The van der Waals surface area contributed by atoms with Crippen molar-refractivity contribution in [3.63, 3.8) is 0 Å². The maximum Gasteiger partial charge on any atom is 0.338 e. The van der Waals surface area contributed by atoms with Crippen molar-refractivity contribution in [1.29, 1.82) is 5.41 Å². The number of methoxy groups -OCH3 is 1. The zero-order valence-corrected chi connectivity index (χ0v) is 18.5. The van der Waals surface area contributed by atoms with E-state index >= 15 is 0 Å². The molecule has 1 fully saturated rings. The van der Waals surface area contributed by atoms with Crippen molar-refractivity contribution in [3.8, 4) is 16.9 Å². The number of rotatable bonds is 7. The van der Waals surface area contributed by atoms with Gasteiger partial charge < -0.3 is 25.3 Å². The standard InChI is InChI=1S/C24H30N4O4/c1-16(25)28-9-6-17(7-10-28)8-11-32-22-14-20(13-21(15-22)24(29)31-2)18-4-3-5-19(12-18)23(26)27-30/h3-5,12-15,17,25,30H,6-11H2,1-2H3,(H2,26,27). The third-order valence-corrected chi connectivity index (χ3v) is 5.81. The summed E-state index contributed by atoms with van der Waals surface area (Å²) in [7, 11) is 1.34. The Balaban J connectivity index is 1.74.